The summed E-state index contributed by atoms with van der Waals surface area (Å²) in [4.78, 5) is 0. The number of anilines is 1. The molecule has 0 aromatic heterocycles. The molecular weight excluding hydrogens is 230 g/mol. The van der Waals surface area contributed by atoms with Gasteiger partial charge < -0.3 is 10.6 Å². The minimum absolute atomic E-state index is 0.418. The maximum absolute atomic E-state index is 8.68. The molecular formula is C10H10ClN3S. The van der Waals surface area contributed by atoms with E-state index in [-0.39, 0.29) is 0 Å². The van der Waals surface area contributed by atoms with E-state index >= 15 is 0 Å². The summed E-state index contributed by atoms with van der Waals surface area (Å²) in [6.45, 7) is 2.72. The Morgan fingerprint density at radius 3 is 2.87 bits per heavy atom. The average molecular weight is 240 g/mol. The van der Waals surface area contributed by atoms with Crippen LogP contribution in [0, 0.1) is 11.3 Å². The van der Waals surface area contributed by atoms with Crippen molar-refractivity contribution >= 4 is 34.6 Å². The van der Waals surface area contributed by atoms with Crippen molar-refractivity contribution in [3.8, 4) is 6.07 Å². The number of nitriles is 1. The molecule has 0 aliphatic carbocycles. The monoisotopic (exact) mass is 239 g/mol. The van der Waals surface area contributed by atoms with Crippen molar-refractivity contribution < 1.29 is 0 Å². The molecule has 2 N–H and O–H groups in total. The zero-order valence-corrected chi connectivity index (χ0v) is 9.75. The van der Waals surface area contributed by atoms with Crippen LogP contribution in [-0.2, 0) is 0 Å². The molecule has 0 amide bonds. The van der Waals surface area contributed by atoms with Gasteiger partial charge in [0, 0.05) is 12.2 Å². The summed E-state index contributed by atoms with van der Waals surface area (Å²) in [5.74, 6) is 0. The van der Waals surface area contributed by atoms with Crippen LogP contribution in [0.5, 0.6) is 0 Å². The summed E-state index contributed by atoms with van der Waals surface area (Å²) >= 11 is 10.9. The maximum Gasteiger partial charge on any atom is 0.170 e. The molecule has 15 heavy (non-hydrogen) atoms. The highest BCUT2D eigenvalue weighted by molar-refractivity contribution is 7.80. The Balaban J connectivity index is 2.76. The fourth-order valence-corrected chi connectivity index (χ4v) is 1.50. The van der Waals surface area contributed by atoms with Gasteiger partial charge in [-0.1, -0.05) is 11.6 Å². The van der Waals surface area contributed by atoms with Gasteiger partial charge in [-0.05, 0) is 37.3 Å². The van der Waals surface area contributed by atoms with E-state index in [1.807, 2.05) is 13.0 Å². The van der Waals surface area contributed by atoms with E-state index in [0.29, 0.717) is 15.7 Å². The van der Waals surface area contributed by atoms with Crippen molar-refractivity contribution in [1.82, 2.24) is 5.32 Å². The van der Waals surface area contributed by atoms with E-state index in [4.69, 9.17) is 29.1 Å². The summed E-state index contributed by atoms with van der Waals surface area (Å²) in [5.41, 5.74) is 1.22. The van der Waals surface area contributed by atoms with Crippen molar-refractivity contribution in [2.75, 3.05) is 11.9 Å². The molecule has 0 saturated heterocycles. The third kappa shape index (κ3) is 3.39. The first-order chi connectivity index (χ1) is 7.17. The molecule has 5 heteroatoms. The Morgan fingerprint density at radius 2 is 2.33 bits per heavy atom. The predicted octanol–water partition coefficient (Wildman–Crippen LogP) is 2.52. The summed E-state index contributed by atoms with van der Waals surface area (Å²) in [7, 11) is 0. The summed E-state index contributed by atoms with van der Waals surface area (Å²) < 4.78 is 0. The first-order valence-corrected chi connectivity index (χ1v) is 5.20. The van der Waals surface area contributed by atoms with Gasteiger partial charge in [0.2, 0.25) is 0 Å². The third-order valence-corrected chi connectivity index (χ3v) is 2.24. The zero-order valence-electron chi connectivity index (χ0n) is 8.17. The molecule has 0 aliphatic heterocycles. The van der Waals surface area contributed by atoms with Gasteiger partial charge in [0.25, 0.3) is 0 Å². The highest BCUT2D eigenvalue weighted by Gasteiger charge is 2.01. The molecule has 0 saturated carbocycles. The lowest BCUT2D eigenvalue weighted by Crippen LogP contribution is -2.27. The normalized spacial score (nSPS) is 9.13. The van der Waals surface area contributed by atoms with Crippen molar-refractivity contribution in [2.24, 2.45) is 0 Å². The minimum atomic E-state index is 0.418. The topological polar surface area (TPSA) is 47.8 Å². The molecule has 1 rings (SSSR count). The van der Waals surface area contributed by atoms with Gasteiger partial charge in [-0.2, -0.15) is 5.26 Å². The molecule has 3 nitrogen and oxygen atoms in total. The van der Waals surface area contributed by atoms with E-state index in [1.165, 1.54) is 0 Å². The number of thiocarbonyl (C=S) groups is 1. The van der Waals surface area contributed by atoms with Crippen LogP contribution in [-0.4, -0.2) is 11.7 Å². The number of rotatable bonds is 2. The second-order valence-electron chi connectivity index (χ2n) is 2.79. The quantitative estimate of drug-likeness (QED) is 0.779. The first kappa shape index (κ1) is 11.8. The van der Waals surface area contributed by atoms with E-state index in [0.717, 1.165) is 12.2 Å². The fourth-order valence-electron chi connectivity index (χ4n) is 1.02. The van der Waals surface area contributed by atoms with Gasteiger partial charge >= 0.3 is 0 Å². The number of benzene rings is 1. The second kappa shape index (κ2) is 5.54. The molecule has 1 aromatic rings. The lowest BCUT2D eigenvalue weighted by molar-refractivity contribution is 0.979. The van der Waals surface area contributed by atoms with Crippen molar-refractivity contribution in [3.05, 3.63) is 28.8 Å². The smallest absolute Gasteiger partial charge is 0.170 e. The molecule has 0 atom stereocenters. The minimum Gasteiger partial charge on any atom is -0.363 e. The van der Waals surface area contributed by atoms with Gasteiger partial charge in [-0.15, -0.1) is 0 Å². The molecule has 1 aromatic carbocycles. The maximum atomic E-state index is 8.68. The summed E-state index contributed by atoms with van der Waals surface area (Å²) in [6.07, 6.45) is 0. The molecule has 0 radical (unpaired) electrons. The molecule has 0 fully saturated rings. The Hall–Kier alpha value is -1.31. The average Bonchev–Trinajstić information content (AvgIpc) is 2.18. The number of nitrogens with one attached hydrogen (secondary N) is 2. The Labute approximate surface area is 99.0 Å². The lowest BCUT2D eigenvalue weighted by atomic mass is 10.2. The number of hydrogen-bond donors (Lipinski definition) is 2. The Bertz CT molecular complexity index is 412. The fraction of sp³-hybridized carbons (Fsp3) is 0.200. The first-order valence-electron chi connectivity index (χ1n) is 4.42. The van der Waals surface area contributed by atoms with Crippen molar-refractivity contribution in [2.45, 2.75) is 6.92 Å². The third-order valence-electron chi connectivity index (χ3n) is 1.68. The highest BCUT2D eigenvalue weighted by Crippen LogP contribution is 2.19. The number of halogens is 1. The van der Waals surface area contributed by atoms with E-state index < -0.39 is 0 Å². The Morgan fingerprint density at radius 1 is 1.60 bits per heavy atom. The molecule has 0 aliphatic rings. The van der Waals surface area contributed by atoms with Gasteiger partial charge in [0.15, 0.2) is 5.11 Å². The van der Waals surface area contributed by atoms with Gasteiger partial charge in [-0.3, -0.25) is 0 Å². The predicted molar refractivity (Wildman–Crippen MR) is 66.1 cm³/mol. The van der Waals surface area contributed by atoms with E-state index in [9.17, 15) is 0 Å². The van der Waals surface area contributed by atoms with Crippen LogP contribution in [0.4, 0.5) is 5.69 Å². The van der Waals surface area contributed by atoms with Crippen LogP contribution in [0.3, 0.4) is 0 Å². The molecule has 0 unspecified atom stereocenters. The lowest BCUT2D eigenvalue weighted by Gasteiger charge is -2.09. The summed E-state index contributed by atoms with van der Waals surface area (Å²) in [6, 6.07) is 7.07. The van der Waals surface area contributed by atoms with Crippen LogP contribution < -0.4 is 10.6 Å². The molecule has 78 valence electrons. The van der Waals surface area contributed by atoms with Crippen LogP contribution in [0.15, 0.2) is 18.2 Å². The van der Waals surface area contributed by atoms with Crippen LogP contribution in [0.1, 0.15) is 12.5 Å². The van der Waals surface area contributed by atoms with Crippen molar-refractivity contribution in [1.29, 1.82) is 5.26 Å². The van der Waals surface area contributed by atoms with Gasteiger partial charge in [-0.25, -0.2) is 0 Å². The zero-order chi connectivity index (χ0) is 11.3. The standard InChI is InChI=1S/C10H10ClN3S/c1-2-13-10(15)14-8-4-3-7(6-12)9(11)5-8/h3-5H,2H2,1H3,(H2,13,14,15). The van der Waals surface area contributed by atoms with Crippen molar-refractivity contribution in [3.63, 3.8) is 0 Å². The van der Waals surface area contributed by atoms with E-state index in [2.05, 4.69) is 10.6 Å². The number of nitrogens with zero attached hydrogens (tertiary/aromatic N) is 1. The molecule has 0 spiro atoms. The van der Waals surface area contributed by atoms with Gasteiger partial charge in [0.05, 0.1) is 10.6 Å². The van der Waals surface area contributed by atoms with E-state index in [1.54, 1.807) is 18.2 Å². The number of hydrogen-bond acceptors (Lipinski definition) is 2. The SMILES string of the molecule is CCNC(=S)Nc1ccc(C#N)c(Cl)c1. The van der Waals surface area contributed by atoms with Gasteiger partial charge in [0.1, 0.15) is 6.07 Å². The largest absolute Gasteiger partial charge is 0.363 e. The van der Waals surface area contributed by atoms with Crippen LogP contribution >= 0.6 is 23.8 Å². The second-order valence-corrected chi connectivity index (χ2v) is 3.61. The highest BCUT2D eigenvalue weighted by atomic mass is 35.5. The molecule has 0 bridgehead atoms. The molecule has 0 heterocycles. The van der Waals surface area contributed by atoms with Crippen LogP contribution in [0.25, 0.3) is 0 Å². The van der Waals surface area contributed by atoms with Crippen LogP contribution in [0.2, 0.25) is 5.02 Å². The Kier molecular flexibility index (Phi) is 4.35. The summed E-state index contributed by atoms with van der Waals surface area (Å²) in [5, 5.41) is 15.6.